The number of esters is 1. The number of nitrogens with one attached hydrogen (secondary N) is 1. The third-order valence-corrected chi connectivity index (χ3v) is 7.98. The van der Waals surface area contributed by atoms with E-state index in [1.807, 2.05) is 50.4 Å². The van der Waals surface area contributed by atoms with E-state index in [1.54, 1.807) is 6.20 Å². The van der Waals surface area contributed by atoms with Gasteiger partial charge in [0.1, 0.15) is 6.10 Å². The largest absolute Gasteiger partial charge is 0.462 e. The number of cyclic esters (lactones) is 1. The van der Waals surface area contributed by atoms with E-state index in [1.165, 1.54) is 0 Å². The van der Waals surface area contributed by atoms with Crippen LogP contribution in [-0.4, -0.2) is 40.8 Å². The molecule has 3 fully saturated rings. The van der Waals surface area contributed by atoms with Gasteiger partial charge >= 0.3 is 12.1 Å². The zero-order valence-electron chi connectivity index (χ0n) is 20.3. The van der Waals surface area contributed by atoms with Crippen molar-refractivity contribution < 1.29 is 19.1 Å². The Hall–Kier alpha value is -3.22. The molecule has 1 N–H and O–H groups in total. The fourth-order valence-electron chi connectivity index (χ4n) is 6.48. The molecule has 3 aliphatic rings. The molecule has 7 heteroatoms. The summed E-state index contributed by atoms with van der Waals surface area (Å²) in [5.41, 5.74) is 2.77. The normalized spacial score (nSPS) is 31.9. The number of amides is 1. The number of alkyl carbamates (subject to hydrolysis) is 1. The summed E-state index contributed by atoms with van der Waals surface area (Å²) in [6.07, 6.45) is 11.2. The number of pyridine rings is 2. The number of hydrogen-bond acceptors (Lipinski definition) is 6. The van der Waals surface area contributed by atoms with Gasteiger partial charge < -0.3 is 14.8 Å². The summed E-state index contributed by atoms with van der Waals surface area (Å²) in [4.78, 5) is 33.7. The van der Waals surface area contributed by atoms with Gasteiger partial charge in [0.2, 0.25) is 0 Å². The lowest BCUT2D eigenvalue weighted by Gasteiger charge is -2.47. The summed E-state index contributed by atoms with van der Waals surface area (Å²) < 4.78 is 10.8. The molecule has 7 atom stereocenters. The molecule has 1 aliphatic heterocycles. The van der Waals surface area contributed by atoms with E-state index >= 15 is 0 Å². The SMILES string of the molecule is CCOC(=O)N[C@@H]1CCC2C(CC3C(=O)O[C@H](C)C3[C@H]2/C=C/c2ccc(-c3ccccn3)cn2)C1. The predicted octanol–water partition coefficient (Wildman–Crippen LogP) is 4.89. The molecular formula is C28H33N3O4. The van der Waals surface area contributed by atoms with Crippen LogP contribution in [0.2, 0.25) is 0 Å². The van der Waals surface area contributed by atoms with E-state index in [9.17, 15) is 9.59 Å². The zero-order chi connectivity index (χ0) is 24.4. The van der Waals surface area contributed by atoms with Gasteiger partial charge in [-0.15, -0.1) is 0 Å². The Balaban J connectivity index is 1.34. The van der Waals surface area contributed by atoms with Gasteiger partial charge in [-0.25, -0.2) is 4.79 Å². The topological polar surface area (TPSA) is 90.4 Å². The number of hydrogen-bond donors (Lipinski definition) is 1. The Morgan fingerprint density at radius 1 is 1.20 bits per heavy atom. The molecule has 184 valence electrons. The highest BCUT2D eigenvalue weighted by Gasteiger charge is 2.54. The maximum absolute atomic E-state index is 12.7. The quantitative estimate of drug-likeness (QED) is 0.620. The monoisotopic (exact) mass is 475 g/mol. The fourth-order valence-corrected chi connectivity index (χ4v) is 6.48. The first-order valence-electron chi connectivity index (χ1n) is 12.7. The molecule has 1 amide bonds. The van der Waals surface area contributed by atoms with Gasteiger partial charge in [-0.1, -0.05) is 12.1 Å². The van der Waals surface area contributed by atoms with Gasteiger partial charge in [0, 0.05) is 29.9 Å². The highest BCUT2D eigenvalue weighted by atomic mass is 16.6. The number of rotatable bonds is 5. The van der Waals surface area contributed by atoms with E-state index in [-0.39, 0.29) is 42.0 Å². The summed E-state index contributed by atoms with van der Waals surface area (Å²) in [7, 11) is 0. The number of ether oxygens (including phenoxy) is 2. The zero-order valence-corrected chi connectivity index (χ0v) is 20.3. The molecule has 4 unspecified atom stereocenters. The fraction of sp³-hybridized carbons (Fsp3) is 0.500. The maximum atomic E-state index is 12.7. The van der Waals surface area contributed by atoms with Crippen molar-refractivity contribution >= 4 is 18.1 Å². The minimum absolute atomic E-state index is 0.0716. The Labute approximate surface area is 206 Å². The molecule has 0 bridgehead atoms. The second kappa shape index (κ2) is 10.2. The number of fused-ring (bicyclic) bond motifs is 2. The van der Waals surface area contributed by atoms with Crippen molar-refractivity contribution in [1.82, 2.24) is 15.3 Å². The Morgan fingerprint density at radius 3 is 2.83 bits per heavy atom. The maximum Gasteiger partial charge on any atom is 0.407 e. The van der Waals surface area contributed by atoms with Gasteiger partial charge in [0.25, 0.3) is 0 Å². The third kappa shape index (κ3) is 4.95. The van der Waals surface area contributed by atoms with Crippen LogP contribution in [0, 0.1) is 29.6 Å². The predicted molar refractivity (Wildman–Crippen MR) is 132 cm³/mol. The van der Waals surface area contributed by atoms with Gasteiger partial charge in [0.05, 0.1) is 23.9 Å². The standard InChI is InChI=1S/C28H33N3O4/c1-3-34-28(33)31-21-10-11-22-19(14-21)15-24-26(17(2)35-27(24)32)23(22)12-9-20-8-7-18(16-30-20)25-6-4-5-13-29-25/h4-9,12-13,16-17,19,21-24,26H,3,10-11,14-15H2,1-2H3,(H,31,33)/b12-9+/t17-,19?,21-,22?,23+,24?,26?/m1/s1. The smallest absolute Gasteiger partial charge is 0.407 e. The Morgan fingerprint density at radius 2 is 2.09 bits per heavy atom. The molecule has 0 spiro atoms. The second-order valence-electron chi connectivity index (χ2n) is 9.98. The first-order chi connectivity index (χ1) is 17.0. The minimum atomic E-state index is -0.352. The van der Waals surface area contributed by atoms with Gasteiger partial charge in [-0.2, -0.15) is 0 Å². The molecule has 2 aromatic heterocycles. The van der Waals surface area contributed by atoms with Crippen LogP contribution in [0.15, 0.2) is 48.8 Å². The second-order valence-corrected chi connectivity index (χ2v) is 9.98. The minimum Gasteiger partial charge on any atom is -0.462 e. The Bertz CT molecular complexity index is 1070. The van der Waals surface area contributed by atoms with E-state index < -0.39 is 0 Å². The molecule has 0 aromatic carbocycles. The molecular weight excluding hydrogens is 442 g/mol. The van der Waals surface area contributed by atoms with Crippen LogP contribution in [0.4, 0.5) is 4.79 Å². The lowest BCUT2D eigenvalue weighted by molar-refractivity contribution is -0.144. The summed E-state index contributed by atoms with van der Waals surface area (Å²) in [6, 6.07) is 9.98. The van der Waals surface area contributed by atoms with Gasteiger partial charge in [-0.05, 0) is 87.6 Å². The van der Waals surface area contributed by atoms with Crippen LogP contribution in [0.25, 0.3) is 17.3 Å². The first kappa shape index (κ1) is 23.5. The van der Waals surface area contributed by atoms with Crippen LogP contribution in [0.1, 0.15) is 45.2 Å². The average molecular weight is 476 g/mol. The van der Waals surface area contributed by atoms with Crippen molar-refractivity contribution in [3.8, 4) is 11.3 Å². The molecule has 5 rings (SSSR count). The highest BCUT2D eigenvalue weighted by molar-refractivity contribution is 5.75. The van der Waals surface area contributed by atoms with Crippen LogP contribution in [0.5, 0.6) is 0 Å². The summed E-state index contributed by atoms with van der Waals surface area (Å²) >= 11 is 0. The molecule has 3 heterocycles. The van der Waals surface area contributed by atoms with Crippen molar-refractivity contribution in [3.05, 3.63) is 54.5 Å². The van der Waals surface area contributed by atoms with Crippen LogP contribution in [0.3, 0.4) is 0 Å². The van der Waals surface area contributed by atoms with E-state index in [0.717, 1.165) is 42.6 Å². The van der Waals surface area contributed by atoms with Crippen LogP contribution >= 0.6 is 0 Å². The van der Waals surface area contributed by atoms with Crippen molar-refractivity contribution in [2.75, 3.05) is 6.61 Å². The van der Waals surface area contributed by atoms with Crippen LogP contribution in [-0.2, 0) is 14.3 Å². The lowest BCUT2D eigenvalue weighted by Crippen LogP contribution is -2.48. The molecule has 7 nitrogen and oxygen atoms in total. The van der Waals surface area contributed by atoms with E-state index in [4.69, 9.17) is 9.47 Å². The number of nitrogens with zero attached hydrogens (tertiary/aromatic N) is 2. The van der Waals surface area contributed by atoms with E-state index in [0.29, 0.717) is 18.4 Å². The molecule has 2 aliphatic carbocycles. The molecule has 0 radical (unpaired) electrons. The summed E-state index contributed by atoms with van der Waals surface area (Å²) in [6.45, 7) is 4.20. The summed E-state index contributed by atoms with van der Waals surface area (Å²) in [5, 5.41) is 3.01. The van der Waals surface area contributed by atoms with Crippen molar-refractivity contribution in [2.24, 2.45) is 29.6 Å². The number of aromatic nitrogens is 2. The third-order valence-electron chi connectivity index (χ3n) is 7.98. The van der Waals surface area contributed by atoms with Crippen molar-refractivity contribution in [3.63, 3.8) is 0 Å². The molecule has 35 heavy (non-hydrogen) atoms. The van der Waals surface area contributed by atoms with Crippen LogP contribution < -0.4 is 5.32 Å². The van der Waals surface area contributed by atoms with Crippen molar-refractivity contribution in [2.45, 2.75) is 51.7 Å². The lowest BCUT2D eigenvalue weighted by atomic mass is 9.57. The molecule has 1 saturated heterocycles. The van der Waals surface area contributed by atoms with Gasteiger partial charge in [0.15, 0.2) is 0 Å². The van der Waals surface area contributed by atoms with E-state index in [2.05, 4.69) is 27.4 Å². The highest BCUT2D eigenvalue weighted by Crippen LogP contribution is 2.53. The van der Waals surface area contributed by atoms with Gasteiger partial charge in [-0.3, -0.25) is 14.8 Å². The first-order valence-corrected chi connectivity index (χ1v) is 12.7. The average Bonchev–Trinajstić information content (AvgIpc) is 3.15. The molecule has 2 saturated carbocycles. The number of carbonyl (C=O) groups excluding carboxylic acids is 2. The molecule has 2 aromatic rings. The summed E-state index contributed by atoms with van der Waals surface area (Å²) in [5.74, 6) is 1.09. The Kier molecular flexibility index (Phi) is 6.84. The van der Waals surface area contributed by atoms with Crippen molar-refractivity contribution in [1.29, 1.82) is 0 Å². The number of allylic oxidation sites excluding steroid dienone is 1. The number of carbonyl (C=O) groups is 2.